The molecule has 6 heteroatoms. The van der Waals surface area contributed by atoms with E-state index >= 15 is 0 Å². The highest BCUT2D eigenvalue weighted by Crippen LogP contribution is 2.38. The van der Waals surface area contributed by atoms with Crippen molar-refractivity contribution in [2.45, 2.75) is 24.6 Å². The van der Waals surface area contributed by atoms with E-state index in [1.807, 2.05) is 12.1 Å². The molecule has 0 spiro atoms. The fourth-order valence-electron chi connectivity index (χ4n) is 2.02. The van der Waals surface area contributed by atoms with Gasteiger partial charge < -0.3 is 9.67 Å². The number of pyridine rings is 1. The molecule has 0 bridgehead atoms. The maximum absolute atomic E-state index is 10.5. The van der Waals surface area contributed by atoms with Gasteiger partial charge in [-0.25, -0.2) is 9.97 Å². The van der Waals surface area contributed by atoms with Crippen molar-refractivity contribution in [1.29, 1.82) is 0 Å². The summed E-state index contributed by atoms with van der Waals surface area (Å²) in [5.41, 5.74) is 1.82. The van der Waals surface area contributed by atoms with Gasteiger partial charge in [0.15, 0.2) is 5.65 Å². The SMILES string of the molecule is O=C(O)CSCc1nc2cccnc2n1C1CC1. The number of carbonyl (C=O) groups is 1. The minimum atomic E-state index is -0.785. The van der Waals surface area contributed by atoms with Crippen LogP contribution in [0.5, 0.6) is 0 Å². The zero-order valence-corrected chi connectivity index (χ0v) is 10.6. The normalized spacial score (nSPS) is 15.1. The summed E-state index contributed by atoms with van der Waals surface area (Å²) < 4.78 is 2.17. The van der Waals surface area contributed by atoms with Crippen molar-refractivity contribution in [2.24, 2.45) is 0 Å². The third-order valence-electron chi connectivity index (χ3n) is 2.89. The van der Waals surface area contributed by atoms with Crippen LogP contribution in [0.25, 0.3) is 11.2 Å². The number of nitrogens with zero attached hydrogens (tertiary/aromatic N) is 3. The van der Waals surface area contributed by atoms with Gasteiger partial charge in [-0.15, -0.1) is 11.8 Å². The maximum atomic E-state index is 10.5. The van der Waals surface area contributed by atoms with Gasteiger partial charge in [0.05, 0.1) is 11.5 Å². The van der Waals surface area contributed by atoms with E-state index < -0.39 is 5.97 Å². The molecule has 2 aromatic rings. The lowest BCUT2D eigenvalue weighted by molar-refractivity contribution is -0.133. The van der Waals surface area contributed by atoms with Crippen LogP contribution >= 0.6 is 11.8 Å². The Morgan fingerprint density at radius 2 is 2.39 bits per heavy atom. The molecule has 0 saturated heterocycles. The highest BCUT2D eigenvalue weighted by Gasteiger charge is 2.28. The second kappa shape index (κ2) is 4.61. The van der Waals surface area contributed by atoms with Crippen LogP contribution in [0.2, 0.25) is 0 Å². The topological polar surface area (TPSA) is 68.0 Å². The van der Waals surface area contributed by atoms with E-state index in [0.717, 1.165) is 17.0 Å². The zero-order chi connectivity index (χ0) is 12.5. The van der Waals surface area contributed by atoms with Crippen molar-refractivity contribution >= 4 is 28.9 Å². The Hall–Kier alpha value is -1.56. The number of fused-ring (bicyclic) bond motifs is 1. The third-order valence-corrected chi connectivity index (χ3v) is 3.80. The van der Waals surface area contributed by atoms with Crippen LogP contribution in [-0.2, 0) is 10.5 Å². The Kier molecular flexibility index (Phi) is 2.95. The van der Waals surface area contributed by atoms with Crippen LogP contribution in [0.15, 0.2) is 18.3 Å². The number of hydrogen-bond acceptors (Lipinski definition) is 4. The van der Waals surface area contributed by atoms with Gasteiger partial charge in [0.25, 0.3) is 0 Å². The smallest absolute Gasteiger partial charge is 0.313 e. The lowest BCUT2D eigenvalue weighted by atomic mass is 10.4. The second-order valence-corrected chi connectivity index (χ2v) is 5.35. The van der Waals surface area contributed by atoms with Gasteiger partial charge in [0, 0.05) is 12.2 Å². The number of thioether (sulfide) groups is 1. The molecule has 1 fully saturated rings. The van der Waals surface area contributed by atoms with Crippen LogP contribution in [0.4, 0.5) is 0 Å². The molecule has 0 atom stereocenters. The molecule has 2 aromatic heterocycles. The number of hydrogen-bond donors (Lipinski definition) is 1. The van der Waals surface area contributed by atoms with Crippen LogP contribution in [0.3, 0.4) is 0 Å². The maximum Gasteiger partial charge on any atom is 0.313 e. The number of rotatable bonds is 5. The Labute approximate surface area is 108 Å². The van der Waals surface area contributed by atoms with Crippen molar-refractivity contribution in [3.05, 3.63) is 24.2 Å². The molecule has 5 nitrogen and oxygen atoms in total. The lowest BCUT2D eigenvalue weighted by Gasteiger charge is -2.05. The van der Waals surface area contributed by atoms with Crippen molar-refractivity contribution < 1.29 is 9.90 Å². The summed E-state index contributed by atoms with van der Waals surface area (Å²) in [4.78, 5) is 19.5. The largest absolute Gasteiger partial charge is 0.481 e. The first-order chi connectivity index (χ1) is 8.75. The van der Waals surface area contributed by atoms with E-state index in [4.69, 9.17) is 5.11 Å². The summed E-state index contributed by atoms with van der Waals surface area (Å²) >= 11 is 1.38. The third kappa shape index (κ3) is 2.20. The molecule has 0 amide bonds. The van der Waals surface area contributed by atoms with E-state index in [9.17, 15) is 4.79 Å². The summed E-state index contributed by atoms with van der Waals surface area (Å²) in [5, 5.41) is 8.66. The standard InChI is InChI=1S/C12H13N3O2S/c16-11(17)7-18-6-10-14-9-2-1-5-13-12(9)15(10)8-3-4-8/h1-2,5,8H,3-4,6-7H2,(H,16,17). The van der Waals surface area contributed by atoms with Crippen LogP contribution < -0.4 is 0 Å². The second-order valence-electron chi connectivity index (χ2n) is 4.36. The van der Waals surface area contributed by atoms with Gasteiger partial charge >= 0.3 is 5.97 Å². The monoisotopic (exact) mass is 263 g/mol. The summed E-state index contributed by atoms with van der Waals surface area (Å²) in [6.45, 7) is 0. The summed E-state index contributed by atoms with van der Waals surface area (Å²) in [7, 11) is 0. The van der Waals surface area contributed by atoms with Crippen molar-refractivity contribution in [3.63, 3.8) is 0 Å². The van der Waals surface area contributed by atoms with Gasteiger partial charge in [-0.05, 0) is 25.0 Å². The average molecular weight is 263 g/mol. The van der Waals surface area contributed by atoms with Crippen molar-refractivity contribution in [3.8, 4) is 0 Å². The molecule has 1 aliphatic rings. The summed E-state index contributed by atoms with van der Waals surface area (Å²) in [5.74, 6) is 0.894. The van der Waals surface area contributed by atoms with E-state index in [0.29, 0.717) is 11.8 Å². The molecule has 1 aliphatic carbocycles. The first-order valence-electron chi connectivity index (χ1n) is 5.87. The molecule has 1 saturated carbocycles. The summed E-state index contributed by atoms with van der Waals surface area (Å²) in [6.07, 6.45) is 4.11. The fourth-order valence-corrected chi connectivity index (χ4v) is 2.69. The van der Waals surface area contributed by atoms with Gasteiger partial charge in [-0.1, -0.05) is 0 Å². The molecule has 18 heavy (non-hydrogen) atoms. The first-order valence-corrected chi connectivity index (χ1v) is 7.02. The van der Waals surface area contributed by atoms with Crippen LogP contribution in [-0.4, -0.2) is 31.4 Å². The van der Waals surface area contributed by atoms with Crippen molar-refractivity contribution in [2.75, 3.05) is 5.75 Å². The van der Waals surface area contributed by atoms with E-state index in [1.54, 1.807) is 6.20 Å². The molecule has 0 aromatic carbocycles. The number of aliphatic carboxylic acids is 1. The van der Waals surface area contributed by atoms with Gasteiger partial charge in [0.1, 0.15) is 11.3 Å². The molecule has 0 radical (unpaired) electrons. The zero-order valence-electron chi connectivity index (χ0n) is 9.74. The molecule has 0 aliphatic heterocycles. The quantitative estimate of drug-likeness (QED) is 0.894. The Morgan fingerprint density at radius 3 is 3.11 bits per heavy atom. The first kappa shape index (κ1) is 11.5. The average Bonchev–Trinajstić information content (AvgIpc) is 3.10. The van der Waals surface area contributed by atoms with Gasteiger partial charge in [-0.2, -0.15) is 0 Å². The van der Waals surface area contributed by atoms with E-state index in [-0.39, 0.29) is 5.75 Å². The molecule has 94 valence electrons. The van der Waals surface area contributed by atoms with Gasteiger partial charge in [0.2, 0.25) is 0 Å². The molecule has 0 unspecified atom stereocenters. The highest BCUT2D eigenvalue weighted by molar-refractivity contribution is 7.99. The molecule has 1 N–H and O–H groups in total. The Balaban J connectivity index is 1.90. The lowest BCUT2D eigenvalue weighted by Crippen LogP contribution is -2.03. The molecular weight excluding hydrogens is 250 g/mol. The fraction of sp³-hybridized carbons (Fsp3) is 0.417. The minimum absolute atomic E-state index is 0.112. The number of carboxylic acids is 1. The molecular formula is C12H13N3O2S. The predicted octanol–water partition coefficient (Wildman–Crippen LogP) is 2.08. The van der Waals surface area contributed by atoms with E-state index in [2.05, 4.69) is 14.5 Å². The summed E-state index contributed by atoms with van der Waals surface area (Å²) in [6, 6.07) is 4.33. The van der Waals surface area contributed by atoms with Crippen LogP contribution in [0.1, 0.15) is 24.7 Å². The van der Waals surface area contributed by atoms with Crippen LogP contribution in [0, 0.1) is 0 Å². The highest BCUT2D eigenvalue weighted by atomic mass is 32.2. The predicted molar refractivity (Wildman–Crippen MR) is 69.6 cm³/mol. The van der Waals surface area contributed by atoms with Gasteiger partial charge in [-0.3, -0.25) is 4.79 Å². The number of imidazole rings is 1. The minimum Gasteiger partial charge on any atom is -0.481 e. The Bertz CT molecular complexity index is 592. The number of aromatic nitrogens is 3. The van der Waals surface area contributed by atoms with Crippen molar-refractivity contribution in [1.82, 2.24) is 14.5 Å². The Morgan fingerprint density at radius 1 is 1.56 bits per heavy atom. The molecule has 3 rings (SSSR count). The molecule has 2 heterocycles. The number of carboxylic acid groups (broad SMARTS) is 1. The van der Waals surface area contributed by atoms with E-state index in [1.165, 1.54) is 24.6 Å².